The zero-order valence-corrected chi connectivity index (χ0v) is 21.5. The zero-order chi connectivity index (χ0) is 22.1. The highest BCUT2D eigenvalue weighted by Gasteiger charge is 2.20. The molecular weight excluding hydrogens is 543 g/mol. The smallest absolute Gasteiger partial charge is 0.240 e. The van der Waals surface area contributed by atoms with Crippen molar-refractivity contribution in [3.8, 4) is 0 Å². The third-order valence-electron chi connectivity index (χ3n) is 5.02. The summed E-state index contributed by atoms with van der Waals surface area (Å²) in [7, 11) is -0.270. The number of halogens is 1. The Hall–Kier alpha value is -1.96. The summed E-state index contributed by atoms with van der Waals surface area (Å²) in [5.41, 5.74) is 0.864. The fourth-order valence-corrected chi connectivity index (χ4v) is 4.47. The number of guanidine groups is 1. The average molecular weight is 574 g/mol. The van der Waals surface area contributed by atoms with Gasteiger partial charge >= 0.3 is 0 Å². The minimum atomic E-state index is -3.56. The molecule has 32 heavy (non-hydrogen) atoms. The van der Waals surface area contributed by atoms with Crippen LogP contribution in [0.2, 0.25) is 0 Å². The van der Waals surface area contributed by atoms with E-state index in [0.717, 1.165) is 43.5 Å². The zero-order valence-electron chi connectivity index (χ0n) is 18.4. The second-order valence-corrected chi connectivity index (χ2v) is 8.87. The maximum atomic E-state index is 12.4. The van der Waals surface area contributed by atoms with Crippen molar-refractivity contribution in [1.82, 2.24) is 19.9 Å². The van der Waals surface area contributed by atoms with E-state index in [0.29, 0.717) is 13.2 Å². The normalized spacial score (nSPS) is 14.8. The average Bonchev–Trinajstić information content (AvgIpc) is 2.81. The number of hydrogen-bond donors (Lipinski definition) is 2. The fourth-order valence-electron chi connectivity index (χ4n) is 3.39. The monoisotopic (exact) mass is 574 g/mol. The summed E-state index contributed by atoms with van der Waals surface area (Å²) in [6.07, 6.45) is 1.81. The summed E-state index contributed by atoms with van der Waals surface area (Å²) in [6, 6.07) is 12.8. The molecule has 2 heterocycles. The Morgan fingerprint density at radius 2 is 1.94 bits per heavy atom. The van der Waals surface area contributed by atoms with Gasteiger partial charge in [-0.2, -0.15) is 0 Å². The van der Waals surface area contributed by atoms with Crippen LogP contribution >= 0.6 is 24.0 Å². The van der Waals surface area contributed by atoms with Crippen molar-refractivity contribution in [2.75, 3.05) is 58.4 Å². The lowest BCUT2D eigenvalue weighted by atomic mass is 10.2. The highest BCUT2D eigenvalue weighted by Crippen LogP contribution is 2.14. The van der Waals surface area contributed by atoms with Gasteiger partial charge in [-0.15, -0.1) is 24.0 Å². The molecule has 1 aromatic carbocycles. The van der Waals surface area contributed by atoms with Crippen LogP contribution in [0.4, 0.5) is 5.82 Å². The predicted octanol–water partition coefficient (Wildman–Crippen LogP) is 1.52. The molecule has 3 rings (SSSR count). The maximum absolute atomic E-state index is 12.4. The Morgan fingerprint density at radius 1 is 1.16 bits per heavy atom. The lowest BCUT2D eigenvalue weighted by Crippen LogP contribution is -2.52. The van der Waals surface area contributed by atoms with Gasteiger partial charge in [-0.05, 0) is 29.8 Å². The van der Waals surface area contributed by atoms with E-state index in [-0.39, 0.29) is 35.4 Å². The van der Waals surface area contributed by atoms with Crippen molar-refractivity contribution in [2.24, 2.45) is 4.99 Å². The van der Waals surface area contributed by atoms with Gasteiger partial charge in [0.15, 0.2) is 5.96 Å². The number of ether oxygens (including phenoxy) is 1. The van der Waals surface area contributed by atoms with Gasteiger partial charge in [-0.25, -0.2) is 18.1 Å². The van der Waals surface area contributed by atoms with Gasteiger partial charge < -0.3 is 19.9 Å². The fraction of sp³-hybridized carbons (Fsp3) is 0.429. The summed E-state index contributed by atoms with van der Waals surface area (Å²) >= 11 is 0. The van der Waals surface area contributed by atoms with Crippen molar-refractivity contribution >= 4 is 45.8 Å². The second-order valence-electron chi connectivity index (χ2n) is 7.10. The van der Waals surface area contributed by atoms with Crippen LogP contribution in [-0.4, -0.2) is 77.7 Å². The van der Waals surface area contributed by atoms with E-state index < -0.39 is 10.0 Å². The number of rotatable bonds is 8. The van der Waals surface area contributed by atoms with E-state index in [2.05, 4.69) is 29.8 Å². The molecule has 1 saturated heterocycles. The molecular formula is C21H31IN6O3S. The Morgan fingerprint density at radius 3 is 2.59 bits per heavy atom. The van der Waals surface area contributed by atoms with Crippen LogP contribution in [0, 0.1) is 0 Å². The summed E-state index contributed by atoms with van der Waals surface area (Å²) in [5.74, 6) is 1.79. The molecule has 2 N–H and O–H groups in total. The lowest BCUT2D eigenvalue weighted by molar-refractivity contribution is 0.204. The highest BCUT2D eigenvalue weighted by atomic mass is 127. The highest BCUT2D eigenvalue weighted by molar-refractivity contribution is 14.0. The first-order chi connectivity index (χ1) is 15.0. The second kappa shape index (κ2) is 12.9. The number of sulfonamides is 1. The van der Waals surface area contributed by atoms with E-state index in [1.807, 2.05) is 30.5 Å². The van der Waals surface area contributed by atoms with Crippen LogP contribution in [0.1, 0.15) is 5.56 Å². The molecule has 1 aliphatic heterocycles. The van der Waals surface area contributed by atoms with E-state index in [9.17, 15) is 8.42 Å². The van der Waals surface area contributed by atoms with Gasteiger partial charge in [-0.1, -0.05) is 18.2 Å². The van der Waals surface area contributed by atoms with Gasteiger partial charge in [0.1, 0.15) is 5.82 Å². The van der Waals surface area contributed by atoms with Crippen molar-refractivity contribution in [2.45, 2.75) is 11.4 Å². The number of hydrogen-bond acceptors (Lipinski definition) is 6. The largest absolute Gasteiger partial charge is 0.383 e. The minimum Gasteiger partial charge on any atom is -0.383 e. The van der Waals surface area contributed by atoms with Crippen LogP contribution in [0.3, 0.4) is 0 Å². The van der Waals surface area contributed by atoms with Crippen LogP contribution < -0.4 is 14.9 Å². The predicted molar refractivity (Wildman–Crippen MR) is 137 cm³/mol. The van der Waals surface area contributed by atoms with E-state index in [1.54, 1.807) is 25.2 Å². The number of nitrogens with one attached hydrogen (secondary N) is 2. The number of aromatic nitrogens is 1. The quantitative estimate of drug-likeness (QED) is 0.214. The topological polar surface area (TPSA) is 99.2 Å². The first-order valence-corrected chi connectivity index (χ1v) is 11.7. The molecule has 0 saturated carbocycles. The number of nitrogens with zero attached hydrogens (tertiary/aromatic N) is 4. The van der Waals surface area contributed by atoms with Crippen molar-refractivity contribution in [3.05, 3.63) is 54.2 Å². The van der Waals surface area contributed by atoms with Gasteiger partial charge in [0.2, 0.25) is 10.0 Å². The molecule has 0 aliphatic carbocycles. The third-order valence-corrected chi connectivity index (χ3v) is 6.48. The third kappa shape index (κ3) is 7.29. The molecule has 176 valence electrons. The Balaban J connectivity index is 0.00000363. The number of anilines is 1. The van der Waals surface area contributed by atoms with Crippen molar-refractivity contribution < 1.29 is 13.2 Å². The summed E-state index contributed by atoms with van der Waals surface area (Å²) in [5, 5.41) is 3.35. The van der Waals surface area contributed by atoms with E-state index in [1.165, 1.54) is 7.11 Å². The Labute approximate surface area is 207 Å². The molecule has 9 nitrogen and oxygen atoms in total. The first-order valence-electron chi connectivity index (χ1n) is 10.2. The van der Waals surface area contributed by atoms with Gasteiger partial charge in [-0.3, -0.25) is 4.99 Å². The van der Waals surface area contributed by atoms with Crippen molar-refractivity contribution in [3.63, 3.8) is 0 Å². The SMILES string of the molecule is CN=C(NCc1cccc(S(=O)(=O)NCCOC)c1)N1CCN(c2ccccn2)CC1.I. The molecule has 1 aliphatic rings. The first kappa shape index (κ1) is 26.3. The number of piperazine rings is 1. The molecule has 0 amide bonds. The standard InChI is InChI=1S/C21H30N6O3S.HI/c1-22-21(27-13-11-26(12-14-27)20-8-3-4-9-23-20)24-17-18-6-5-7-19(16-18)31(28,29)25-10-15-30-2;/h3-9,16,25H,10-15,17H2,1-2H3,(H,22,24);1H. The number of aliphatic imine (C=N–C) groups is 1. The summed E-state index contributed by atoms with van der Waals surface area (Å²) in [6.45, 7) is 4.41. The Kier molecular flexibility index (Phi) is 10.6. The summed E-state index contributed by atoms with van der Waals surface area (Å²) < 4.78 is 32.3. The molecule has 0 bridgehead atoms. The van der Waals surface area contributed by atoms with E-state index >= 15 is 0 Å². The van der Waals surface area contributed by atoms with Crippen LogP contribution in [0.25, 0.3) is 0 Å². The Bertz CT molecular complexity index is 967. The molecule has 2 aromatic rings. The maximum Gasteiger partial charge on any atom is 0.240 e. The number of methoxy groups -OCH3 is 1. The molecule has 0 atom stereocenters. The molecule has 0 spiro atoms. The van der Waals surface area contributed by atoms with Gasteiger partial charge in [0.05, 0.1) is 11.5 Å². The summed E-state index contributed by atoms with van der Waals surface area (Å²) in [4.78, 5) is 13.5. The molecule has 11 heteroatoms. The molecule has 1 fully saturated rings. The van der Waals surface area contributed by atoms with Crippen LogP contribution in [0.15, 0.2) is 58.5 Å². The van der Waals surface area contributed by atoms with Gasteiger partial charge in [0, 0.05) is 59.6 Å². The van der Waals surface area contributed by atoms with Gasteiger partial charge in [0.25, 0.3) is 0 Å². The van der Waals surface area contributed by atoms with E-state index in [4.69, 9.17) is 4.74 Å². The van der Waals surface area contributed by atoms with Crippen LogP contribution in [-0.2, 0) is 21.3 Å². The van der Waals surface area contributed by atoms with Crippen LogP contribution in [0.5, 0.6) is 0 Å². The number of pyridine rings is 1. The molecule has 0 unspecified atom stereocenters. The van der Waals surface area contributed by atoms with Crippen molar-refractivity contribution in [1.29, 1.82) is 0 Å². The molecule has 0 radical (unpaired) electrons. The lowest BCUT2D eigenvalue weighted by Gasteiger charge is -2.37. The molecule has 1 aromatic heterocycles. The number of benzene rings is 1. The minimum absolute atomic E-state index is 0.